The van der Waals surface area contributed by atoms with Gasteiger partial charge in [-0.05, 0) is 56.3 Å². The number of carbonyl (C=O) groups excluding carboxylic acids is 1. The molecule has 3 heterocycles. The first kappa shape index (κ1) is 17.8. The summed E-state index contributed by atoms with van der Waals surface area (Å²) in [5.74, 6) is 0.362. The molecule has 27 heavy (non-hydrogen) atoms. The van der Waals surface area contributed by atoms with Crippen molar-refractivity contribution >= 4 is 28.5 Å². The van der Waals surface area contributed by atoms with Gasteiger partial charge in [0.2, 0.25) is 0 Å². The fourth-order valence-corrected chi connectivity index (χ4v) is 3.63. The van der Waals surface area contributed by atoms with Crippen molar-refractivity contribution in [1.82, 2.24) is 10.2 Å². The lowest BCUT2D eigenvalue weighted by Gasteiger charge is -2.25. The highest BCUT2D eigenvalue weighted by atomic mass is 35.5. The Balaban J connectivity index is 1.53. The number of hydrogen-bond donors (Lipinski definition) is 1. The van der Waals surface area contributed by atoms with Gasteiger partial charge in [-0.2, -0.15) is 0 Å². The molecule has 0 aliphatic carbocycles. The van der Waals surface area contributed by atoms with Crippen LogP contribution in [0.5, 0.6) is 0 Å². The quantitative estimate of drug-likeness (QED) is 0.725. The largest absolute Gasteiger partial charge is 0.468 e. The molecule has 0 spiro atoms. The minimum Gasteiger partial charge on any atom is -0.468 e. The van der Waals surface area contributed by atoms with Gasteiger partial charge in [0, 0.05) is 17.6 Å². The van der Waals surface area contributed by atoms with E-state index in [1.54, 1.807) is 18.4 Å². The standard InChI is InChI=1S/C20H19ClN2O4/c21-13-5-6-17-14(10-13)16(24)11-19(27-17)20(25)22-12-15(18-4-3-9-26-18)23-7-1-2-8-23/h3-6,9-11,15H,1-2,7-8,12H2,(H,22,25). The van der Waals surface area contributed by atoms with Gasteiger partial charge in [-0.25, -0.2) is 0 Å². The summed E-state index contributed by atoms with van der Waals surface area (Å²) in [7, 11) is 0. The van der Waals surface area contributed by atoms with Crippen molar-refractivity contribution in [2.75, 3.05) is 19.6 Å². The van der Waals surface area contributed by atoms with Crippen LogP contribution in [0.3, 0.4) is 0 Å². The Morgan fingerprint density at radius 1 is 1.22 bits per heavy atom. The van der Waals surface area contributed by atoms with E-state index in [4.69, 9.17) is 20.4 Å². The third kappa shape index (κ3) is 3.77. The van der Waals surface area contributed by atoms with Crippen molar-refractivity contribution < 1.29 is 13.6 Å². The maximum absolute atomic E-state index is 12.6. The predicted octanol–water partition coefficient (Wildman–Crippen LogP) is 3.61. The van der Waals surface area contributed by atoms with Crippen LogP contribution >= 0.6 is 11.6 Å². The van der Waals surface area contributed by atoms with Crippen molar-refractivity contribution in [2.45, 2.75) is 18.9 Å². The van der Waals surface area contributed by atoms with Gasteiger partial charge in [-0.1, -0.05) is 11.6 Å². The summed E-state index contributed by atoms with van der Waals surface area (Å²) in [5.41, 5.74) is 0.0326. The lowest BCUT2D eigenvalue weighted by molar-refractivity contribution is 0.0906. The first-order valence-corrected chi connectivity index (χ1v) is 9.29. The minimum atomic E-state index is -0.431. The Morgan fingerprint density at radius 3 is 2.78 bits per heavy atom. The molecular formula is C20H19ClN2O4. The molecule has 0 radical (unpaired) electrons. The number of hydrogen-bond acceptors (Lipinski definition) is 5. The van der Waals surface area contributed by atoms with E-state index in [9.17, 15) is 9.59 Å². The van der Waals surface area contributed by atoms with Crippen molar-refractivity contribution in [1.29, 1.82) is 0 Å². The fourth-order valence-electron chi connectivity index (χ4n) is 3.46. The van der Waals surface area contributed by atoms with E-state index in [-0.39, 0.29) is 17.2 Å². The number of fused-ring (bicyclic) bond motifs is 1. The number of halogens is 1. The average Bonchev–Trinajstić information content (AvgIpc) is 3.36. The first-order chi connectivity index (χ1) is 13.1. The lowest BCUT2D eigenvalue weighted by atomic mass is 10.2. The number of benzene rings is 1. The number of carbonyl (C=O) groups is 1. The summed E-state index contributed by atoms with van der Waals surface area (Å²) in [6.45, 7) is 2.30. The Bertz CT molecular complexity index is 1010. The van der Waals surface area contributed by atoms with Crippen LogP contribution < -0.4 is 10.7 Å². The van der Waals surface area contributed by atoms with Crippen molar-refractivity contribution in [3.8, 4) is 0 Å². The van der Waals surface area contributed by atoms with Gasteiger partial charge in [0.05, 0.1) is 17.7 Å². The molecule has 4 rings (SSSR count). The molecule has 3 aromatic rings. The van der Waals surface area contributed by atoms with E-state index in [0.29, 0.717) is 22.5 Å². The molecule has 1 fully saturated rings. The summed E-state index contributed by atoms with van der Waals surface area (Å²) in [6.07, 6.45) is 3.90. The highest BCUT2D eigenvalue weighted by Crippen LogP contribution is 2.25. The minimum absolute atomic E-state index is 0.0190. The van der Waals surface area contributed by atoms with Gasteiger partial charge in [0.15, 0.2) is 11.2 Å². The van der Waals surface area contributed by atoms with Crippen LogP contribution in [0, 0.1) is 0 Å². The zero-order valence-electron chi connectivity index (χ0n) is 14.6. The van der Waals surface area contributed by atoms with Crippen LogP contribution in [0.1, 0.15) is 35.2 Å². The number of nitrogens with zero attached hydrogens (tertiary/aromatic N) is 1. The summed E-state index contributed by atoms with van der Waals surface area (Å²) in [6, 6.07) is 9.65. The molecule has 1 atom stereocenters. The molecule has 0 bridgehead atoms. The highest BCUT2D eigenvalue weighted by Gasteiger charge is 2.26. The lowest BCUT2D eigenvalue weighted by Crippen LogP contribution is -2.36. The van der Waals surface area contributed by atoms with Crippen LogP contribution in [-0.2, 0) is 0 Å². The second-order valence-corrected chi connectivity index (χ2v) is 7.04. The maximum atomic E-state index is 12.6. The van der Waals surface area contributed by atoms with Gasteiger partial charge in [-0.3, -0.25) is 14.5 Å². The molecule has 140 valence electrons. The monoisotopic (exact) mass is 386 g/mol. The number of nitrogens with one attached hydrogen (secondary N) is 1. The number of rotatable bonds is 5. The van der Waals surface area contributed by atoms with E-state index in [2.05, 4.69) is 10.2 Å². The second-order valence-electron chi connectivity index (χ2n) is 6.60. The first-order valence-electron chi connectivity index (χ1n) is 8.91. The van der Waals surface area contributed by atoms with Crippen molar-refractivity contribution in [2.24, 2.45) is 0 Å². The van der Waals surface area contributed by atoms with E-state index in [1.165, 1.54) is 12.1 Å². The van der Waals surface area contributed by atoms with Gasteiger partial charge >= 0.3 is 0 Å². The second kappa shape index (κ2) is 7.58. The van der Waals surface area contributed by atoms with Crippen molar-refractivity contribution in [3.63, 3.8) is 0 Å². The van der Waals surface area contributed by atoms with E-state index < -0.39 is 5.91 Å². The zero-order valence-corrected chi connectivity index (χ0v) is 15.4. The topological polar surface area (TPSA) is 75.7 Å². The van der Waals surface area contributed by atoms with Crippen LogP contribution in [0.2, 0.25) is 5.02 Å². The van der Waals surface area contributed by atoms with Crippen molar-refractivity contribution in [3.05, 3.63) is 69.4 Å². The molecule has 1 unspecified atom stereocenters. The molecule has 1 N–H and O–H groups in total. The fraction of sp³-hybridized carbons (Fsp3) is 0.300. The third-order valence-corrected chi connectivity index (χ3v) is 5.06. The molecule has 1 aliphatic rings. The Morgan fingerprint density at radius 2 is 2.04 bits per heavy atom. The Labute approximate surface area is 160 Å². The highest BCUT2D eigenvalue weighted by molar-refractivity contribution is 6.31. The number of furan rings is 1. The summed E-state index contributed by atoms with van der Waals surface area (Å²) in [5, 5.41) is 3.66. The predicted molar refractivity (Wildman–Crippen MR) is 102 cm³/mol. The van der Waals surface area contributed by atoms with Gasteiger partial charge in [0.25, 0.3) is 5.91 Å². The normalized spacial score (nSPS) is 15.9. The van der Waals surface area contributed by atoms with E-state index in [0.717, 1.165) is 31.7 Å². The van der Waals surface area contributed by atoms with E-state index >= 15 is 0 Å². The third-order valence-electron chi connectivity index (χ3n) is 4.82. The number of likely N-dealkylation sites (tertiary alicyclic amines) is 1. The van der Waals surface area contributed by atoms with Gasteiger partial charge in [-0.15, -0.1) is 0 Å². The molecule has 1 amide bonds. The van der Waals surface area contributed by atoms with Crippen LogP contribution in [0.4, 0.5) is 0 Å². The molecule has 6 nitrogen and oxygen atoms in total. The Hall–Kier alpha value is -2.57. The summed E-state index contributed by atoms with van der Waals surface area (Å²) in [4.78, 5) is 27.1. The average molecular weight is 387 g/mol. The molecule has 7 heteroatoms. The van der Waals surface area contributed by atoms with Crippen LogP contribution in [-0.4, -0.2) is 30.4 Å². The van der Waals surface area contributed by atoms with Gasteiger partial charge in [0.1, 0.15) is 11.3 Å². The zero-order chi connectivity index (χ0) is 18.8. The van der Waals surface area contributed by atoms with Crippen LogP contribution in [0.25, 0.3) is 11.0 Å². The summed E-state index contributed by atoms with van der Waals surface area (Å²) < 4.78 is 11.2. The summed E-state index contributed by atoms with van der Waals surface area (Å²) >= 11 is 5.92. The molecule has 1 aliphatic heterocycles. The smallest absolute Gasteiger partial charge is 0.287 e. The molecular weight excluding hydrogens is 368 g/mol. The van der Waals surface area contributed by atoms with E-state index in [1.807, 2.05) is 12.1 Å². The number of amides is 1. The maximum Gasteiger partial charge on any atom is 0.287 e. The Kier molecular flexibility index (Phi) is 5.01. The SMILES string of the molecule is O=C(NCC(c1ccco1)N1CCCC1)c1cc(=O)c2cc(Cl)ccc2o1. The van der Waals surface area contributed by atoms with Gasteiger partial charge < -0.3 is 14.2 Å². The molecule has 1 saturated heterocycles. The van der Waals surface area contributed by atoms with Crippen LogP contribution in [0.15, 0.2) is 56.3 Å². The molecule has 0 saturated carbocycles. The molecule has 2 aromatic heterocycles. The molecule has 1 aromatic carbocycles.